The molecule has 5 nitrogen and oxygen atoms in total. The van der Waals surface area contributed by atoms with Gasteiger partial charge in [0.2, 0.25) is 0 Å². The van der Waals surface area contributed by atoms with Gasteiger partial charge in [0.25, 0.3) is 5.91 Å². The Morgan fingerprint density at radius 3 is 2.48 bits per heavy atom. The summed E-state index contributed by atoms with van der Waals surface area (Å²) in [7, 11) is 1.72. The fourth-order valence-electron chi connectivity index (χ4n) is 3.61. The molecule has 0 aliphatic carbocycles. The summed E-state index contributed by atoms with van der Waals surface area (Å²) in [6.07, 6.45) is -0.889. The number of carbonyl (C=O) groups excluding carboxylic acids is 1. The zero-order valence-electron chi connectivity index (χ0n) is 13.0. The third-order valence-electron chi connectivity index (χ3n) is 4.73. The molecule has 0 bridgehead atoms. The minimum atomic E-state index is -1.03. The molecule has 2 atom stereocenters. The van der Waals surface area contributed by atoms with E-state index in [1.807, 2.05) is 48.5 Å². The number of anilines is 1. The van der Waals surface area contributed by atoms with Crippen molar-refractivity contribution in [3.05, 3.63) is 65.7 Å². The van der Waals surface area contributed by atoms with Crippen LogP contribution in [0.2, 0.25) is 0 Å². The molecule has 116 valence electrons. The first-order valence-electron chi connectivity index (χ1n) is 7.54. The average molecular weight is 307 g/mol. The van der Waals surface area contributed by atoms with Crippen molar-refractivity contribution in [3.63, 3.8) is 0 Å². The summed E-state index contributed by atoms with van der Waals surface area (Å²) in [5.74, 6) is -0.106. The molecule has 2 aromatic rings. The first kappa shape index (κ1) is 14.0. The van der Waals surface area contributed by atoms with Gasteiger partial charge in [0, 0.05) is 18.2 Å². The minimum Gasteiger partial charge on any atom is -0.382 e. The smallest absolute Gasteiger partial charge is 0.256 e. The molecule has 1 amide bonds. The van der Waals surface area contributed by atoms with E-state index in [1.165, 1.54) is 0 Å². The lowest BCUT2D eigenvalue weighted by molar-refractivity contribution is 0.0295. The van der Waals surface area contributed by atoms with Crippen molar-refractivity contribution in [2.75, 3.05) is 12.1 Å². The molecule has 2 unspecified atom stereocenters. The molecule has 5 heteroatoms. The van der Waals surface area contributed by atoms with Gasteiger partial charge in [0.1, 0.15) is 6.10 Å². The van der Waals surface area contributed by atoms with Crippen LogP contribution < -0.4 is 5.01 Å². The fourth-order valence-corrected chi connectivity index (χ4v) is 3.61. The van der Waals surface area contributed by atoms with Gasteiger partial charge < -0.3 is 10.0 Å². The SMILES string of the molecule is CC1=NN(c2ccccc2)C2(c3ccccc3C(=O)N2C)C1O. The van der Waals surface area contributed by atoms with Crippen molar-refractivity contribution in [1.29, 1.82) is 0 Å². The summed E-state index contributed by atoms with van der Waals surface area (Å²) in [4.78, 5) is 14.3. The standard InChI is InChI=1S/C18H17N3O2/c1-12-16(22)18(21(19-12)13-8-4-3-5-9-13)15-11-7-6-10-14(15)17(23)20(18)2/h3-11,16,22H,1-2H3. The topological polar surface area (TPSA) is 56.1 Å². The largest absolute Gasteiger partial charge is 0.382 e. The van der Waals surface area contributed by atoms with Gasteiger partial charge in [-0.05, 0) is 25.1 Å². The number of hydrogen-bond acceptors (Lipinski definition) is 4. The number of para-hydroxylation sites is 1. The molecule has 4 rings (SSSR count). The maximum absolute atomic E-state index is 12.7. The Morgan fingerprint density at radius 1 is 1.09 bits per heavy atom. The lowest BCUT2D eigenvalue weighted by atomic mass is 9.91. The average Bonchev–Trinajstić information content (AvgIpc) is 2.98. The normalized spacial score (nSPS) is 26.0. The summed E-state index contributed by atoms with van der Waals surface area (Å²) >= 11 is 0. The number of aliphatic hydroxyl groups is 1. The molecular formula is C18H17N3O2. The van der Waals surface area contributed by atoms with Crippen LogP contribution in [-0.2, 0) is 5.66 Å². The van der Waals surface area contributed by atoms with E-state index in [4.69, 9.17) is 0 Å². The summed E-state index contributed by atoms with van der Waals surface area (Å²) in [6, 6.07) is 17.0. The molecule has 0 fully saturated rings. The number of hydrazone groups is 1. The van der Waals surface area contributed by atoms with Crippen LogP contribution in [0.3, 0.4) is 0 Å². The maximum Gasteiger partial charge on any atom is 0.256 e. The van der Waals surface area contributed by atoms with Crippen molar-refractivity contribution in [3.8, 4) is 0 Å². The molecule has 1 N–H and O–H groups in total. The van der Waals surface area contributed by atoms with Crippen molar-refractivity contribution in [1.82, 2.24) is 4.90 Å². The molecule has 1 spiro atoms. The minimum absolute atomic E-state index is 0.106. The zero-order chi connectivity index (χ0) is 16.2. The first-order chi connectivity index (χ1) is 11.1. The second-order valence-corrected chi connectivity index (χ2v) is 5.93. The summed E-state index contributed by atoms with van der Waals surface area (Å²) < 4.78 is 0. The predicted octanol–water partition coefficient (Wildman–Crippen LogP) is 2.18. The van der Waals surface area contributed by atoms with Gasteiger partial charge >= 0.3 is 0 Å². The van der Waals surface area contributed by atoms with Gasteiger partial charge in [-0.1, -0.05) is 36.4 Å². The van der Waals surface area contributed by atoms with E-state index in [0.717, 1.165) is 11.3 Å². The second-order valence-electron chi connectivity index (χ2n) is 5.93. The van der Waals surface area contributed by atoms with E-state index in [0.29, 0.717) is 11.3 Å². The van der Waals surface area contributed by atoms with Gasteiger partial charge in [-0.15, -0.1) is 0 Å². The van der Waals surface area contributed by atoms with E-state index >= 15 is 0 Å². The number of rotatable bonds is 1. The van der Waals surface area contributed by atoms with Crippen molar-refractivity contribution < 1.29 is 9.90 Å². The number of amides is 1. The van der Waals surface area contributed by atoms with Gasteiger partial charge in [-0.25, -0.2) is 5.01 Å². The Bertz CT molecular complexity index is 818. The number of benzene rings is 2. The summed E-state index contributed by atoms with van der Waals surface area (Å²) in [6.45, 7) is 1.79. The molecule has 2 heterocycles. The van der Waals surface area contributed by atoms with Gasteiger partial charge in [0.15, 0.2) is 5.66 Å². The third-order valence-corrected chi connectivity index (χ3v) is 4.73. The highest BCUT2D eigenvalue weighted by molar-refractivity contribution is 6.04. The second kappa shape index (κ2) is 4.67. The number of nitrogens with zero attached hydrogens (tertiary/aromatic N) is 3. The Morgan fingerprint density at radius 2 is 1.74 bits per heavy atom. The molecule has 0 aromatic heterocycles. The molecular weight excluding hydrogens is 290 g/mol. The molecule has 2 aromatic carbocycles. The highest BCUT2D eigenvalue weighted by atomic mass is 16.3. The van der Waals surface area contributed by atoms with Crippen molar-refractivity contribution >= 4 is 17.3 Å². The Balaban J connectivity index is 2.00. The van der Waals surface area contributed by atoms with Crippen LogP contribution in [0.4, 0.5) is 5.69 Å². The Kier molecular flexibility index (Phi) is 2.83. The maximum atomic E-state index is 12.7. The summed E-state index contributed by atoms with van der Waals surface area (Å²) in [5, 5.41) is 17.3. The highest BCUT2D eigenvalue weighted by Crippen LogP contribution is 2.48. The Hall–Kier alpha value is -2.66. The number of carbonyl (C=O) groups is 1. The number of fused-ring (bicyclic) bond motifs is 2. The van der Waals surface area contributed by atoms with E-state index in [2.05, 4.69) is 5.10 Å². The monoisotopic (exact) mass is 307 g/mol. The lowest BCUT2D eigenvalue weighted by Crippen LogP contribution is -2.58. The van der Waals surface area contributed by atoms with Crippen LogP contribution in [0.5, 0.6) is 0 Å². The van der Waals surface area contributed by atoms with Crippen LogP contribution in [0.25, 0.3) is 0 Å². The number of likely N-dealkylation sites (N-methyl/N-ethyl adjacent to an activating group) is 1. The number of hydrogen-bond donors (Lipinski definition) is 1. The van der Waals surface area contributed by atoms with Gasteiger partial charge in [-0.2, -0.15) is 5.10 Å². The molecule has 2 aliphatic heterocycles. The molecule has 0 saturated carbocycles. The van der Waals surface area contributed by atoms with E-state index in [1.54, 1.807) is 29.9 Å². The molecule has 2 aliphatic rings. The predicted molar refractivity (Wildman–Crippen MR) is 88.3 cm³/mol. The van der Waals surface area contributed by atoms with E-state index in [-0.39, 0.29) is 5.91 Å². The van der Waals surface area contributed by atoms with Crippen LogP contribution in [0, 0.1) is 0 Å². The van der Waals surface area contributed by atoms with Gasteiger partial charge in [-0.3, -0.25) is 4.79 Å². The van der Waals surface area contributed by atoms with E-state index < -0.39 is 11.8 Å². The van der Waals surface area contributed by atoms with Crippen molar-refractivity contribution in [2.24, 2.45) is 5.10 Å². The van der Waals surface area contributed by atoms with Crippen LogP contribution in [-0.4, -0.2) is 34.8 Å². The third kappa shape index (κ3) is 1.60. The number of aliphatic hydroxyl groups excluding tert-OH is 1. The molecule has 23 heavy (non-hydrogen) atoms. The lowest BCUT2D eigenvalue weighted by Gasteiger charge is -2.42. The molecule has 0 saturated heterocycles. The highest BCUT2D eigenvalue weighted by Gasteiger charge is 2.60. The fraction of sp³-hybridized carbons (Fsp3) is 0.222. The van der Waals surface area contributed by atoms with Crippen LogP contribution in [0.1, 0.15) is 22.8 Å². The quantitative estimate of drug-likeness (QED) is 0.878. The van der Waals surface area contributed by atoms with Crippen LogP contribution >= 0.6 is 0 Å². The van der Waals surface area contributed by atoms with Gasteiger partial charge in [0.05, 0.1) is 11.4 Å². The van der Waals surface area contributed by atoms with Crippen LogP contribution in [0.15, 0.2) is 59.7 Å². The Labute approximate surface area is 134 Å². The molecule has 0 radical (unpaired) electrons. The zero-order valence-corrected chi connectivity index (χ0v) is 13.0. The first-order valence-corrected chi connectivity index (χ1v) is 7.54. The van der Waals surface area contributed by atoms with E-state index in [9.17, 15) is 9.90 Å². The summed E-state index contributed by atoms with van der Waals surface area (Å²) in [5.41, 5.74) is 1.79. The van der Waals surface area contributed by atoms with Crippen molar-refractivity contribution in [2.45, 2.75) is 18.7 Å².